The van der Waals surface area contributed by atoms with Crippen molar-refractivity contribution in [3.63, 3.8) is 0 Å². The first-order valence-corrected chi connectivity index (χ1v) is 5.36. The van der Waals surface area contributed by atoms with Crippen molar-refractivity contribution < 1.29 is 0 Å². The van der Waals surface area contributed by atoms with Gasteiger partial charge in [0, 0.05) is 44.7 Å². The van der Waals surface area contributed by atoms with Crippen molar-refractivity contribution in [2.24, 2.45) is 5.73 Å². The van der Waals surface area contributed by atoms with Gasteiger partial charge in [0.05, 0.1) is 5.69 Å². The Hall–Kier alpha value is -2.01. The molecular formula is C12H15N5. The fourth-order valence-electron chi connectivity index (χ4n) is 1.44. The largest absolute Gasteiger partial charge is 0.363 e. The highest BCUT2D eigenvalue weighted by molar-refractivity contribution is 5.56. The van der Waals surface area contributed by atoms with Crippen LogP contribution in [-0.4, -0.2) is 29.0 Å². The van der Waals surface area contributed by atoms with Crippen molar-refractivity contribution in [2.75, 3.05) is 19.0 Å². The molecule has 2 aromatic rings. The molecule has 0 fully saturated rings. The van der Waals surface area contributed by atoms with E-state index < -0.39 is 0 Å². The SMILES string of the molecule is CN(C)c1cc(CN)nc(-c2cccnc2)n1. The minimum absolute atomic E-state index is 0.399. The average molecular weight is 229 g/mol. The van der Waals surface area contributed by atoms with E-state index in [1.807, 2.05) is 37.2 Å². The summed E-state index contributed by atoms with van der Waals surface area (Å²) >= 11 is 0. The van der Waals surface area contributed by atoms with Gasteiger partial charge in [-0.25, -0.2) is 9.97 Å². The molecule has 0 aliphatic heterocycles. The van der Waals surface area contributed by atoms with Crippen molar-refractivity contribution in [1.82, 2.24) is 15.0 Å². The van der Waals surface area contributed by atoms with Gasteiger partial charge in [-0.15, -0.1) is 0 Å². The highest BCUT2D eigenvalue weighted by atomic mass is 15.1. The molecule has 0 atom stereocenters. The second-order valence-corrected chi connectivity index (χ2v) is 3.88. The maximum atomic E-state index is 5.64. The summed E-state index contributed by atoms with van der Waals surface area (Å²) in [5.74, 6) is 1.50. The number of anilines is 1. The van der Waals surface area contributed by atoms with Crippen LogP contribution in [0.15, 0.2) is 30.6 Å². The summed E-state index contributed by atoms with van der Waals surface area (Å²) in [4.78, 5) is 14.9. The fourth-order valence-corrected chi connectivity index (χ4v) is 1.44. The van der Waals surface area contributed by atoms with Gasteiger partial charge in [-0.1, -0.05) is 0 Å². The molecule has 0 amide bonds. The molecule has 0 spiro atoms. The van der Waals surface area contributed by atoms with E-state index in [2.05, 4.69) is 15.0 Å². The maximum Gasteiger partial charge on any atom is 0.163 e. The van der Waals surface area contributed by atoms with Crippen LogP contribution in [0.5, 0.6) is 0 Å². The zero-order valence-electron chi connectivity index (χ0n) is 9.96. The van der Waals surface area contributed by atoms with Crippen LogP contribution >= 0.6 is 0 Å². The first-order valence-electron chi connectivity index (χ1n) is 5.36. The Kier molecular flexibility index (Phi) is 3.30. The van der Waals surface area contributed by atoms with Crippen LogP contribution in [-0.2, 0) is 6.54 Å². The van der Waals surface area contributed by atoms with Gasteiger partial charge in [-0.05, 0) is 12.1 Å². The summed E-state index contributed by atoms with van der Waals surface area (Å²) in [5.41, 5.74) is 7.36. The van der Waals surface area contributed by atoms with E-state index in [1.165, 1.54) is 0 Å². The van der Waals surface area contributed by atoms with Crippen molar-refractivity contribution in [1.29, 1.82) is 0 Å². The Labute approximate surface area is 100 Å². The summed E-state index contributed by atoms with van der Waals surface area (Å²) in [5, 5.41) is 0. The minimum atomic E-state index is 0.399. The molecule has 0 aromatic carbocycles. The van der Waals surface area contributed by atoms with E-state index >= 15 is 0 Å². The molecule has 0 bridgehead atoms. The minimum Gasteiger partial charge on any atom is -0.363 e. The van der Waals surface area contributed by atoms with Gasteiger partial charge < -0.3 is 10.6 Å². The molecule has 2 aromatic heterocycles. The van der Waals surface area contributed by atoms with Crippen LogP contribution in [0.1, 0.15) is 5.69 Å². The van der Waals surface area contributed by atoms with E-state index in [4.69, 9.17) is 5.73 Å². The predicted octanol–water partition coefficient (Wildman–Crippen LogP) is 1.06. The summed E-state index contributed by atoms with van der Waals surface area (Å²) in [6.45, 7) is 0.399. The van der Waals surface area contributed by atoms with Crippen molar-refractivity contribution in [3.05, 3.63) is 36.3 Å². The number of pyridine rings is 1. The van der Waals surface area contributed by atoms with E-state index in [1.54, 1.807) is 12.4 Å². The number of aromatic nitrogens is 3. The van der Waals surface area contributed by atoms with Crippen LogP contribution in [0, 0.1) is 0 Å². The summed E-state index contributed by atoms with van der Waals surface area (Å²) in [7, 11) is 3.88. The molecule has 17 heavy (non-hydrogen) atoms. The molecule has 0 unspecified atom stereocenters. The molecule has 5 nitrogen and oxygen atoms in total. The zero-order valence-corrected chi connectivity index (χ0v) is 9.96. The molecule has 0 aliphatic rings. The Morgan fingerprint density at radius 3 is 2.71 bits per heavy atom. The number of hydrogen-bond acceptors (Lipinski definition) is 5. The smallest absolute Gasteiger partial charge is 0.163 e. The maximum absolute atomic E-state index is 5.64. The molecule has 2 rings (SSSR count). The van der Waals surface area contributed by atoms with Gasteiger partial charge >= 0.3 is 0 Å². The lowest BCUT2D eigenvalue weighted by atomic mass is 10.2. The van der Waals surface area contributed by atoms with Gasteiger partial charge in [0.15, 0.2) is 5.82 Å². The van der Waals surface area contributed by atoms with Crippen LogP contribution in [0.3, 0.4) is 0 Å². The van der Waals surface area contributed by atoms with Gasteiger partial charge in [0.2, 0.25) is 0 Å². The van der Waals surface area contributed by atoms with E-state index in [0.29, 0.717) is 12.4 Å². The molecular weight excluding hydrogens is 214 g/mol. The van der Waals surface area contributed by atoms with E-state index in [9.17, 15) is 0 Å². The second kappa shape index (κ2) is 4.88. The quantitative estimate of drug-likeness (QED) is 0.852. The number of hydrogen-bond donors (Lipinski definition) is 1. The van der Waals surface area contributed by atoms with Gasteiger partial charge in [-0.3, -0.25) is 4.98 Å². The standard InChI is InChI=1S/C12H15N5/c1-17(2)11-6-10(7-13)15-12(16-11)9-4-3-5-14-8-9/h3-6,8H,7,13H2,1-2H3. The Bertz CT molecular complexity index is 496. The number of nitrogens with two attached hydrogens (primary N) is 1. The van der Waals surface area contributed by atoms with Crippen molar-refractivity contribution in [2.45, 2.75) is 6.54 Å². The lowest BCUT2D eigenvalue weighted by molar-refractivity contribution is 0.948. The normalized spacial score (nSPS) is 10.3. The Morgan fingerprint density at radius 2 is 2.12 bits per heavy atom. The van der Waals surface area contributed by atoms with Crippen LogP contribution < -0.4 is 10.6 Å². The third-order valence-electron chi connectivity index (χ3n) is 2.35. The number of nitrogens with zero attached hydrogens (tertiary/aromatic N) is 4. The molecule has 0 aliphatic carbocycles. The van der Waals surface area contributed by atoms with E-state index in [0.717, 1.165) is 17.1 Å². The number of rotatable bonds is 3. The Balaban J connectivity index is 2.50. The van der Waals surface area contributed by atoms with E-state index in [-0.39, 0.29) is 0 Å². The molecule has 0 saturated heterocycles. The van der Waals surface area contributed by atoms with Crippen LogP contribution in [0.2, 0.25) is 0 Å². The molecule has 0 saturated carbocycles. The third-order valence-corrected chi connectivity index (χ3v) is 2.35. The average Bonchev–Trinajstić information content (AvgIpc) is 2.39. The van der Waals surface area contributed by atoms with Gasteiger partial charge in [0.1, 0.15) is 5.82 Å². The van der Waals surface area contributed by atoms with Crippen molar-refractivity contribution >= 4 is 5.82 Å². The van der Waals surface area contributed by atoms with Gasteiger partial charge in [0.25, 0.3) is 0 Å². The Morgan fingerprint density at radius 1 is 1.29 bits per heavy atom. The van der Waals surface area contributed by atoms with Crippen molar-refractivity contribution in [3.8, 4) is 11.4 Å². The molecule has 88 valence electrons. The highest BCUT2D eigenvalue weighted by Crippen LogP contribution is 2.17. The predicted molar refractivity (Wildman–Crippen MR) is 67.5 cm³/mol. The summed E-state index contributed by atoms with van der Waals surface area (Å²) in [6, 6.07) is 5.69. The second-order valence-electron chi connectivity index (χ2n) is 3.88. The first kappa shape index (κ1) is 11.5. The van der Waals surface area contributed by atoms with Crippen LogP contribution in [0.25, 0.3) is 11.4 Å². The third kappa shape index (κ3) is 2.57. The zero-order chi connectivity index (χ0) is 12.3. The summed E-state index contributed by atoms with van der Waals surface area (Å²) in [6.07, 6.45) is 3.47. The summed E-state index contributed by atoms with van der Waals surface area (Å²) < 4.78 is 0. The van der Waals surface area contributed by atoms with Gasteiger partial charge in [-0.2, -0.15) is 0 Å². The molecule has 0 radical (unpaired) electrons. The lowest BCUT2D eigenvalue weighted by Gasteiger charge is -2.13. The highest BCUT2D eigenvalue weighted by Gasteiger charge is 2.07. The first-order chi connectivity index (χ1) is 8.20. The molecule has 2 heterocycles. The topological polar surface area (TPSA) is 67.9 Å². The van der Waals surface area contributed by atoms with Crippen LogP contribution in [0.4, 0.5) is 5.82 Å². The monoisotopic (exact) mass is 229 g/mol. The fraction of sp³-hybridized carbons (Fsp3) is 0.250. The molecule has 5 heteroatoms. The lowest BCUT2D eigenvalue weighted by Crippen LogP contribution is -2.13. The molecule has 2 N–H and O–H groups in total.